The van der Waals surface area contributed by atoms with E-state index in [1.165, 1.54) is 0 Å². The molecule has 7 heteroatoms. The highest BCUT2D eigenvalue weighted by Gasteiger charge is 2.08. The molecule has 0 aliphatic carbocycles. The zero-order valence-electron chi connectivity index (χ0n) is 5.78. The summed E-state index contributed by atoms with van der Waals surface area (Å²) in [6.07, 6.45) is 0.429. The number of thiol groups is 1. The Hall–Kier alpha value is -0.270. The van der Waals surface area contributed by atoms with Gasteiger partial charge in [-0.05, 0) is 12.2 Å². The number of nitrogens with one attached hydrogen (secondary N) is 1. The molecule has 0 aliphatic heterocycles. The molecule has 0 spiro atoms. The quantitative estimate of drug-likeness (QED) is 0.445. The van der Waals surface area contributed by atoms with E-state index < -0.39 is 23.5 Å². The van der Waals surface area contributed by atoms with Crippen LogP contribution in [0.15, 0.2) is 0 Å². The monoisotopic (exact) mass is 200 g/mol. The van der Waals surface area contributed by atoms with Gasteiger partial charge in [0.2, 0.25) is 0 Å². The zero-order chi connectivity index (χ0) is 9.28. The van der Waals surface area contributed by atoms with Crippen molar-refractivity contribution in [1.82, 2.24) is 0 Å². The number of hydrogen-bond donors (Lipinski definition) is 4. The topological polar surface area (TPSA) is 104 Å². The lowest BCUT2D eigenvalue weighted by atomic mass is 10.2. The van der Waals surface area contributed by atoms with Crippen molar-refractivity contribution in [3.63, 3.8) is 0 Å². The molecule has 0 fully saturated rings. The third-order valence-electron chi connectivity index (χ3n) is 0.757. The summed E-state index contributed by atoms with van der Waals surface area (Å²) >= 11 is 2.89. The summed E-state index contributed by atoms with van der Waals surface area (Å²) in [7, 11) is 0. The SMILES string of the molecule is N=[SH2]=O.NC(CCS)C(=O)O. The van der Waals surface area contributed by atoms with Crippen LogP contribution in [0.3, 0.4) is 0 Å². The van der Waals surface area contributed by atoms with E-state index in [0.717, 1.165) is 0 Å². The van der Waals surface area contributed by atoms with Crippen LogP contribution < -0.4 is 5.73 Å². The minimum atomic E-state index is -0.959. The van der Waals surface area contributed by atoms with Crippen LogP contribution in [0.25, 0.3) is 0 Å². The van der Waals surface area contributed by atoms with Gasteiger partial charge in [0.15, 0.2) is 0 Å². The van der Waals surface area contributed by atoms with Gasteiger partial charge in [-0.25, -0.2) is 0 Å². The van der Waals surface area contributed by atoms with Crippen molar-refractivity contribution in [3.8, 4) is 0 Å². The fourth-order valence-corrected chi connectivity index (χ4v) is 0.541. The van der Waals surface area contributed by atoms with E-state index in [1.807, 2.05) is 0 Å². The molecular formula is C4H12N2O3S2. The summed E-state index contributed by atoms with van der Waals surface area (Å²) < 4.78 is 14.3. The van der Waals surface area contributed by atoms with E-state index in [4.69, 9.17) is 19.8 Å². The molecule has 1 atom stereocenters. The maximum absolute atomic E-state index is 9.93. The van der Waals surface area contributed by atoms with Crippen LogP contribution in [0, 0.1) is 4.78 Å². The highest BCUT2D eigenvalue weighted by molar-refractivity contribution is 7.80. The van der Waals surface area contributed by atoms with Crippen LogP contribution >= 0.6 is 12.6 Å². The van der Waals surface area contributed by atoms with Crippen molar-refractivity contribution in [3.05, 3.63) is 0 Å². The smallest absolute Gasteiger partial charge is 0.320 e. The van der Waals surface area contributed by atoms with Gasteiger partial charge in [0.1, 0.15) is 6.04 Å². The predicted molar refractivity (Wildman–Crippen MR) is 47.7 cm³/mol. The second-order valence-electron chi connectivity index (χ2n) is 1.56. The van der Waals surface area contributed by atoms with Crippen LogP contribution in [0.2, 0.25) is 0 Å². The lowest BCUT2D eigenvalue weighted by Crippen LogP contribution is -2.30. The zero-order valence-corrected chi connectivity index (χ0v) is 7.67. The minimum Gasteiger partial charge on any atom is -0.480 e. The van der Waals surface area contributed by atoms with Gasteiger partial charge < -0.3 is 10.8 Å². The van der Waals surface area contributed by atoms with Gasteiger partial charge in [0.25, 0.3) is 0 Å². The molecular weight excluding hydrogens is 188 g/mol. The first kappa shape index (κ1) is 13.3. The molecule has 4 N–H and O–H groups in total. The van der Waals surface area contributed by atoms with Gasteiger partial charge in [-0.1, -0.05) is 0 Å². The molecule has 0 rings (SSSR count). The Balaban J connectivity index is 0. The van der Waals surface area contributed by atoms with Crippen LogP contribution in [0.5, 0.6) is 0 Å². The molecule has 0 aromatic rings. The maximum atomic E-state index is 9.93. The molecule has 0 amide bonds. The summed E-state index contributed by atoms with van der Waals surface area (Å²) in [5, 5.41) is 8.15. The first-order chi connectivity index (χ1) is 5.09. The predicted octanol–water partition coefficient (Wildman–Crippen LogP) is -0.855. The van der Waals surface area contributed by atoms with Crippen molar-refractivity contribution in [2.75, 3.05) is 5.75 Å². The van der Waals surface area contributed by atoms with E-state index in [-0.39, 0.29) is 0 Å². The molecule has 0 heterocycles. The van der Waals surface area contributed by atoms with Gasteiger partial charge in [-0.3, -0.25) is 13.8 Å². The molecule has 68 valence electrons. The Morgan fingerprint density at radius 3 is 2.27 bits per heavy atom. The Labute approximate surface area is 73.4 Å². The summed E-state index contributed by atoms with van der Waals surface area (Å²) in [6.45, 7) is 0. The van der Waals surface area contributed by atoms with E-state index in [2.05, 4.69) is 12.6 Å². The van der Waals surface area contributed by atoms with Gasteiger partial charge in [0.05, 0.1) is 0 Å². The maximum Gasteiger partial charge on any atom is 0.320 e. The van der Waals surface area contributed by atoms with Crippen LogP contribution in [-0.2, 0) is 16.3 Å². The number of hydrogen-bond acceptors (Lipinski definition) is 5. The molecule has 0 radical (unpaired) electrons. The van der Waals surface area contributed by atoms with Crippen LogP contribution in [0.1, 0.15) is 6.42 Å². The molecule has 0 saturated carbocycles. The molecule has 0 aromatic carbocycles. The van der Waals surface area contributed by atoms with Crippen molar-refractivity contribution in [2.45, 2.75) is 12.5 Å². The number of carboxylic acid groups (broad SMARTS) is 1. The Morgan fingerprint density at radius 2 is 2.18 bits per heavy atom. The van der Waals surface area contributed by atoms with Gasteiger partial charge in [-0.2, -0.15) is 12.6 Å². The number of rotatable bonds is 3. The first-order valence-corrected chi connectivity index (χ1v) is 4.27. The lowest BCUT2D eigenvalue weighted by Gasteiger charge is -2.00. The van der Waals surface area contributed by atoms with E-state index in [0.29, 0.717) is 12.2 Å². The molecule has 0 aromatic heterocycles. The molecule has 1 unspecified atom stereocenters. The van der Waals surface area contributed by atoms with Crippen molar-refractivity contribution in [1.29, 1.82) is 4.78 Å². The van der Waals surface area contributed by atoms with Crippen molar-refractivity contribution >= 4 is 30.1 Å². The average molecular weight is 200 g/mol. The molecule has 0 bridgehead atoms. The highest BCUT2D eigenvalue weighted by Crippen LogP contribution is 1.88. The first-order valence-electron chi connectivity index (χ1n) is 2.73. The summed E-state index contributed by atoms with van der Waals surface area (Å²) in [5.41, 5.74) is 5.08. The standard InChI is InChI=1S/C4H9NO2S.H3NOS/c5-3(1-2-8)4(6)7;1-3-2/h3,8H,1-2,5H2,(H,6,7);1H,3H2. The lowest BCUT2D eigenvalue weighted by molar-refractivity contribution is -0.138. The van der Waals surface area contributed by atoms with E-state index in [1.54, 1.807) is 0 Å². The largest absolute Gasteiger partial charge is 0.480 e. The van der Waals surface area contributed by atoms with Crippen molar-refractivity contribution in [2.24, 2.45) is 5.73 Å². The van der Waals surface area contributed by atoms with Gasteiger partial charge in [0, 0.05) is 11.5 Å². The Morgan fingerprint density at radius 1 is 1.82 bits per heavy atom. The second kappa shape index (κ2) is 9.73. The fraction of sp³-hybridized carbons (Fsp3) is 0.750. The molecule has 0 saturated heterocycles. The van der Waals surface area contributed by atoms with Gasteiger partial charge in [-0.15, -0.1) is 0 Å². The third-order valence-corrected chi connectivity index (χ3v) is 1.02. The molecule has 11 heavy (non-hydrogen) atoms. The second-order valence-corrected chi connectivity index (χ2v) is 2.21. The third kappa shape index (κ3) is 12.8. The summed E-state index contributed by atoms with van der Waals surface area (Å²) in [4.78, 5) is 9.93. The highest BCUT2D eigenvalue weighted by atomic mass is 32.1. The molecule has 5 nitrogen and oxygen atoms in total. The Kier molecular flexibility index (Phi) is 11.8. The van der Waals surface area contributed by atoms with Crippen LogP contribution in [-0.4, -0.2) is 27.1 Å². The number of nitrogens with two attached hydrogens (primary N) is 1. The van der Waals surface area contributed by atoms with E-state index in [9.17, 15) is 4.79 Å². The number of carboxylic acids is 1. The van der Waals surface area contributed by atoms with Crippen molar-refractivity contribution < 1.29 is 14.1 Å². The average Bonchev–Trinajstić information content (AvgIpc) is 1.90. The normalized spacial score (nSPS) is 12.2. The summed E-state index contributed by atoms with van der Waals surface area (Å²) in [5.74, 6) is -0.438. The van der Waals surface area contributed by atoms with E-state index >= 15 is 0 Å². The molecule has 0 aliphatic rings. The number of carbonyl (C=O) groups is 1. The number of aliphatic carboxylic acids is 1. The van der Waals surface area contributed by atoms with Gasteiger partial charge >= 0.3 is 5.97 Å². The fourth-order valence-electron chi connectivity index (χ4n) is 0.263. The minimum absolute atomic E-state index is 0.429. The Bertz CT molecular complexity index is 146. The summed E-state index contributed by atoms with van der Waals surface area (Å²) in [6, 6.07) is -0.743. The van der Waals surface area contributed by atoms with Crippen LogP contribution in [0.4, 0.5) is 0 Å².